The SMILES string of the molecule is O=S(=O)(NOCC(F)(F)F)N1CCNCC1. The van der Waals surface area contributed by atoms with Crippen LogP contribution in [0.3, 0.4) is 0 Å². The van der Waals surface area contributed by atoms with E-state index in [0.29, 0.717) is 13.1 Å². The summed E-state index contributed by atoms with van der Waals surface area (Å²) in [4.78, 5) is 5.33. The van der Waals surface area contributed by atoms with Gasteiger partial charge in [-0.25, -0.2) is 0 Å². The molecule has 1 aliphatic rings. The summed E-state index contributed by atoms with van der Waals surface area (Å²) >= 11 is 0. The van der Waals surface area contributed by atoms with Crippen LogP contribution in [-0.4, -0.2) is 51.7 Å². The third-order valence-electron chi connectivity index (χ3n) is 1.82. The molecule has 6 nitrogen and oxygen atoms in total. The molecule has 0 atom stereocenters. The molecule has 1 fully saturated rings. The van der Waals surface area contributed by atoms with Crippen LogP contribution in [0, 0.1) is 0 Å². The molecule has 0 spiro atoms. The second kappa shape index (κ2) is 5.27. The molecule has 0 aromatic heterocycles. The fraction of sp³-hybridized carbons (Fsp3) is 1.00. The Kier molecular flexibility index (Phi) is 4.50. The molecule has 1 saturated heterocycles. The van der Waals surface area contributed by atoms with Gasteiger partial charge in [0.1, 0.15) is 0 Å². The summed E-state index contributed by atoms with van der Waals surface area (Å²) in [6, 6.07) is 0. The summed E-state index contributed by atoms with van der Waals surface area (Å²) in [7, 11) is -3.98. The van der Waals surface area contributed by atoms with E-state index >= 15 is 0 Å². The van der Waals surface area contributed by atoms with Gasteiger partial charge in [-0.15, -0.1) is 0 Å². The molecular formula is C6H12F3N3O3S. The monoisotopic (exact) mass is 263 g/mol. The molecule has 0 bridgehead atoms. The average Bonchev–Trinajstić information content (AvgIpc) is 2.17. The maximum Gasteiger partial charge on any atom is 0.413 e. The molecule has 0 radical (unpaired) electrons. The van der Waals surface area contributed by atoms with E-state index in [2.05, 4.69) is 10.2 Å². The first kappa shape index (κ1) is 13.6. The molecule has 0 aromatic carbocycles. The Hall–Kier alpha value is -0.420. The predicted octanol–water partition coefficient (Wildman–Crippen LogP) is -0.780. The Morgan fingerprint density at radius 1 is 1.31 bits per heavy atom. The molecule has 96 valence electrons. The number of hydrogen-bond donors (Lipinski definition) is 2. The smallest absolute Gasteiger partial charge is 0.314 e. The summed E-state index contributed by atoms with van der Waals surface area (Å²) in [6.07, 6.45) is -4.56. The van der Waals surface area contributed by atoms with Crippen LogP contribution in [0.25, 0.3) is 0 Å². The van der Waals surface area contributed by atoms with Crippen molar-refractivity contribution in [2.75, 3.05) is 32.8 Å². The largest absolute Gasteiger partial charge is 0.413 e. The predicted molar refractivity (Wildman–Crippen MR) is 48.5 cm³/mol. The van der Waals surface area contributed by atoms with Crippen molar-refractivity contribution in [3.63, 3.8) is 0 Å². The Morgan fingerprint density at radius 2 is 1.88 bits per heavy atom. The second-order valence-electron chi connectivity index (χ2n) is 3.14. The van der Waals surface area contributed by atoms with Gasteiger partial charge in [-0.05, 0) is 0 Å². The van der Waals surface area contributed by atoms with E-state index in [1.807, 2.05) is 0 Å². The highest BCUT2D eigenvalue weighted by molar-refractivity contribution is 7.87. The molecule has 1 aliphatic heterocycles. The lowest BCUT2D eigenvalue weighted by atomic mass is 10.4. The Bertz CT molecular complexity index is 313. The zero-order valence-corrected chi connectivity index (χ0v) is 9.07. The summed E-state index contributed by atoms with van der Waals surface area (Å²) in [5, 5.41) is 2.91. The molecular weight excluding hydrogens is 251 g/mol. The van der Waals surface area contributed by atoms with E-state index in [1.54, 1.807) is 0 Å². The van der Waals surface area contributed by atoms with Crippen LogP contribution in [0.1, 0.15) is 0 Å². The van der Waals surface area contributed by atoms with Crippen molar-refractivity contribution in [3.8, 4) is 0 Å². The molecule has 2 N–H and O–H groups in total. The minimum absolute atomic E-state index is 0.199. The van der Waals surface area contributed by atoms with Gasteiger partial charge in [0, 0.05) is 26.2 Å². The van der Waals surface area contributed by atoms with E-state index in [-0.39, 0.29) is 13.1 Å². The molecule has 0 saturated carbocycles. The fourth-order valence-corrected chi connectivity index (χ4v) is 2.10. The first-order chi connectivity index (χ1) is 7.31. The van der Waals surface area contributed by atoms with Gasteiger partial charge in [-0.3, -0.25) is 4.84 Å². The van der Waals surface area contributed by atoms with Crippen molar-refractivity contribution in [1.29, 1.82) is 0 Å². The third-order valence-corrected chi connectivity index (χ3v) is 3.19. The van der Waals surface area contributed by atoms with Crippen LogP contribution < -0.4 is 10.2 Å². The second-order valence-corrected chi connectivity index (χ2v) is 4.77. The van der Waals surface area contributed by atoms with Crippen molar-refractivity contribution >= 4 is 10.2 Å². The quantitative estimate of drug-likeness (QED) is 0.653. The van der Waals surface area contributed by atoms with Crippen LogP contribution in [0.4, 0.5) is 13.2 Å². The highest BCUT2D eigenvalue weighted by Crippen LogP contribution is 2.14. The summed E-state index contributed by atoms with van der Waals surface area (Å²) < 4.78 is 58.8. The van der Waals surface area contributed by atoms with E-state index in [9.17, 15) is 21.6 Å². The number of rotatable bonds is 4. The van der Waals surface area contributed by atoms with Crippen molar-refractivity contribution in [2.45, 2.75) is 6.18 Å². The highest BCUT2D eigenvalue weighted by atomic mass is 32.2. The van der Waals surface area contributed by atoms with Gasteiger partial charge in [-0.1, -0.05) is 4.89 Å². The van der Waals surface area contributed by atoms with Crippen LogP contribution in [0.15, 0.2) is 0 Å². The van der Waals surface area contributed by atoms with Gasteiger partial charge in [-0.2, -0.15) is 25.9 Å². The van der Waals surface area contributed by atoms with Crippen molar-refractivity contribution in [1.82, 2.24) is 14.5 Å². The molecule has 1 heterocycles. The van der Waals surface area contributed by atoms with Crippen LogP contribution in [0.2, 0.25) is 0 Å². The lowest BCUT2D eigenvalue weighted by Gasteiger charge is -2.26. The van der Waals surface area contributed by atoms with Gasteiger partial charge in [0.05, 0.1) is 0 Å². The molecule has 0 aromatic rings. The van der Waals surface area contributed by atoms with Gasteiger partial charge in [0.2, 0.25) is 0 Å². The topological polar surface area (TPSA) is 70.7 Å². The first-order valence-electron chi connectivity index (χ1n) is 4.47. The summed E-state index contributed by atoms with van der Waals surface area (Å²) in [5.74, 6) is 0. The fourth-order valence-electron chi connectivity index (χ4n) is 1.12. The van der Waals surface area contributed by atoms with Crippen molar-refractivity contribution in [3.05, 3.63) is 0 Å². The maximum absolute atomic E-state index is 11.7. The van der Waals surface area contributed by atoms with Gasteiger partial charge < -0.3 is 5.32 Å². The van der Waals surface area contributed by atoms with Crippen LogP contribution in [-0.2, 0) is 15.0 Å². The number of piperazine rings is 1. The lowest BCUT2D eigenvalue weighted by Crippen LogP contribution is -2.50. The first-order valence-corrected chi connectivity index (χ1v) is 5.91. The molecule has 0 amide bonds. The van der Waals surface area contributed by atoms with Crippen molar-refractivity contribution in [2.24, 2.45) is 0 Å². The highest BCUT2D eigenvalue weighted by Gasteiger charge is 2.30. The van der Waals surface area contributed by atoms with Crippen molar-refractivity contribution < 1.29 is 26.4 Å². The van der Waals surface area contributed by atoms with Crippen LogP contribution in [0.5, 0.6) is 0 Å². The minimum atomic E-state index is -4.56. The number of halogens is 3. The minimum Gasteiger partial charge on any atom is -0.314 e. The summed E-state index contributed by atoms with van der Waals surface area (Å²) in [5.41, 5.74) is 0. The number of hydrogen-bond acceptors (Lipinski definition) is 4. The Labute approximate surface area is 90.9 Å². The molecule has 16 heavy (non-hydrogen) atoms. The van der Waals surface area contributed by atoms with Crippen LogP contribution >= 0.6 is 0 Å². The Balaban J connectivity index is 2.39. The molecule has 0 aliphatic carbocycles. The molecule has 10 heteroatoms. The standard InChI is InChI=1S/C6H12F3N3O3S/c7-6(8,9)5-15-11-16(13,14)12-3-1-10-2-4-12/h10-11H,1-5H2. The number of nitrogens with zero attached hydrogens (tertiary/aromatic N) is 1. The lowest BCUT2D eigenvalue weighted by molar-refractivity contribution is -0.181. The van der Waals surface area contributed by atoms with E-state index in [0.717, 1.165) is 4.31 Å². The third kappa shape index (κ3) is 4.61. The molecule has 0 unspecified atom stereocenters. The average molecular weight is 263 g/mol. The normalized spacial score (nSPS) is 19.9. The zero-order valence-electron chi connectivity index (χ0n) is 8.25. The van der Waals surface area contributed by atoms with Gasteiger partial charge in [0.15, 0.2) is 6.61 Å². The molecule has 1 rings (SSSR count). The number of alkyl halides is 3. The van der Waals surface area contributed by atoms with E-state index in [1.165, 1.54) is 4.89 Å². The zero-order chi connectivity index (χ0) is 12.2. The number of nitrogens with one attached hydrogen (secondary N) is 2. The van der Waals surface area contributed by atoms with E-state index < -0.39 is 23.0 Å². The summed E-state index contributed by atoms with van der Waals surface area (Å²) in [6.45, 7) is -0.339. The van der Waals surface area contributed by atoms with Gasteiger partial charge in [0.25, 0.3) is 0 Å². The maximum atomic E-state index is 11.7. The van der Waals surface area contributed by atoms with E-state index in [4.69, 9.17) is 0 Å². The Morgan fingerprint density at radius 3 is 2.38 bits per heavy atom. The van der Waals surface area contributed by atoms with Gasteiger partial charge >= 0.3 is 16.4 Å².